The monoisotopic (exact) mass is 1360 g/mol. The standard InChI is InChI=1S/C96H114O6/c1-7-13-19-25-31-73-97-85-55-37-79(38-56-85)49-67-91-92(68-50-80-39-57-86(58-40-80)98-74-32-26-20-14-8-2)94(70-52-82-43-61-88(62-44-82)100-76-34-28-22-16-10-4)96(72-54-84-47-65-90(66-48-84)102-78-36-30-24-18-12-6)95(71-53-83-45-63-89(64-46-83)101-77-35-29-23-17-11-5)93(91)69-51-81-41-59-87(60-42-81)99-75-33-27-21-15-9-3/h37-48,55-66H,7-36,73-78H2,1-6H3. The molecule has 0 atom stereocenters. The first-order valence-corrected chi connectivity index (χ1v) is 39.1. The normalized spacial score (nSPS) is 10.4. The Bertz CT molecular complexity index is 3210. The smallest absolute Gasteiger partial charge is 0.119 e. The van der Waals surface area contributed by atoms with Crippen LogP contribution in [-0.2, 0) is 0 Å². The molecule has 0 radical (unpaired) electrons. The summed E-state index contributed by atoms with van der Waals surface area (Å²) in [6, 6.07) is 48.3. The number of hydrogen-bond acceptors (Lipinski definition) is 6. The highest BCUT2D eigenvalue weighted by atomic mass is 16.5. The molecule has 0 heterocycles. The summed E-state index contributed by atoms with van der Waals surface area (Å²) in [5.41, 5.74) is 8.24. The molecule has 0 unspecified atom stereocenters. The Morgan fingerprint density at radius 2 is 0.284 bits per heavy atom. The zero-order valence-corrected chi connectivity index (χ0v) is 62.8. The lowest BCUT2D eigenvalue weighted by molar-refractivity contribution is 0.304. The van der Waals surface area contributed by atoms with E-state index in [9.17, 15) is 0 Å². The maximum atomic E-state index is 6.26. The molecular weight excluding hydrogens is 1250 g/mol. The van der Waals surface area contributed by atoms with Crippen LogP contribution in [0.25, 0.3) is 0 Å². The number of hydrogen-bond donors (Lipinski definition) is 0. The van der Waals surface area contributed by atoms with E-state index in [4.69, 9.17) is 28.4 Å². The van der Waals surface area contributed by atoms with Crippen molar-refractivity contribution in [3.63, 3.8) is 0 Å². The molecule has 0 bridgehead atoms. The van der Waals surface area contributed by atoms with Crippen LogP contribution in [0.3, 0.4) is 0 Å². The maximum Gasteiger partial charge on any atom is 0.119 e. The van der Waals surface area contributed by atoms with Crippen molar-refractivity contribution in [2.75, 3.05) is 39.6 Å². The minimum Gasteiger partial charge on any atom is -0.494 e. The van der Waals surface area contributed by atoms with E-state index >= 15 is 0 Å². The predicted molar refractivity (Wildman–Crippen MR) is 426 cm³/mol. The quantitative estimate of drug-likeness (QED) is 0.0281. The molecule has 0 N–H and O–H groups in total. The first-order chi connectivity index (χ1) is 50.4. The van der Waals surface area contributed by atoms with E-state index in [1.165, 1.54) is 116 Å². The lowest BCUT2D eigenvalue weighted by Gasteiger charge is -2.13. The Kier molecular flexibility index (Phi) is 39.3. The third-order valence-electron chi connectivity index (χ3n) is 17.7. The van der Waals surface area contributed by atoms with Gasteiger partial charge in [-0.15, -0.1) is 0 Å². The summed E-state index contributed by atoms with van der Waals surface area (Å²) in [5.74, 6) is 48.5. The van der Waals surface area contributed by atoms with Crippen LogP contribution in [0.5, 0.6) is 34.5 Å². The van der Waals surface area contributed by atoms with Crippen LogP contribution in [-0.4, -0.2) is 39.6 Å². The van der Waals surface area contributed by atoms with E-state index in [1.54, 1.807) is 0 Å². The molecule has 6 heteroatoms. The van der Waals surface area contributed by atoms with Crippen LogP contribution < -0.4 is 28.4 Å². The fourth-order valence-electron chi connectivity index (χ4n) is 11.5. The van der Waals surface area contributed by atoms with E-state index < -0.39 is 0 Å². The van der Waals surface area contributed by atoms with Gasteiger partial charge < -0.3 is 28.4 Å². The summed E-state index contributed by atoms with van der Waals surface area (Å²) >= 11 is 0. The van der Waals surface area contributed by atoms with Crippen molar-refractivity contribution in [2.45, 2.75) is 234 Å². The van der Waals surface area contributed by atoms with Gasteiger partial charge in [-0.2, -0.15) is 0 Å². The summed E-state index contributed by atoms with van der Waals surface area (Å²) in [4.78, 5) is 0. The Labute approximate surface area is 616 Å². The van der Waals surface area contributed by atoms with Crippen molar-refractivity contribution in [3.05, 3.63) is 212 Å². The highest BCUT2D eigenvalue weighted by molar-refractivity contribution is 5.78. The highest BCUT2D eigenvalue weighted by Gasteiger charge is 2.21. The molecule has 534 valence electrons. The number of rotatable bonds is 42. The average Bonchev–Trinajstić information content (AvgIpc) is 0.763. The summed E-state index contributed by atoms with van der Waals surface area (Å²) in [6.45, 7) is 17.4. The molecule has 0 saturated carbocycles. The van der Waals surface area contributed by atoms with Crippen molar-refractivity contribution in [1.29, 1.82) is 0 Å². The van der Waals surface area contributed by atoms with E-state index in [0.717, 1.165) is 145 Å². The zero-order chi connectivity index (χ0) is 71.5. The average molecular weight is 1360 g/mol. The summed E-state index contributed by atoms with van der Waals surface area (Å²) in [7, 11) is 0. The molecule has 7 aromatic rings. The van der Waals surface area contributed by atoms with Gasteiger partial charge in [-0.1, -0.05) is 267 Å². The van der Waals surface area contributed by atoms with E-state index in [1.807, 2.05) is 146 Å². The van der Waals surface area contributed by atoms with Gasteiger partial charge in [-0.25, -0.2) is 0 Å². The van der Waals surface area contributed by atoms with Crippen LogP contribution >= 0.6 is 0 Å². The van der Waals surface area contributed by atoms with Gasteiger partial charge in [0.1, 0.15) is 34.5 Å². The Hall–Kier alpha value is -9.30. The molecule has 6 nitrogen and oxygen atoms in total. The molecule has 0 spiro atoms. The topological polar surface area (TPSA) is 55.4 Å². The fourth-order valence-corrected chi connectivity index (χ4v) is 11.5. The van der Waals surface area contributed by atoms with Crippen molar-refractivity contribution in [1.82, 2.24) is 0 Å². The number of ether oxygens (including phenoxy) is 6. The van der Waals surface area contributed by atoms with Gasteiger partial charge in [-0.3, -0.25) is 0 Å². The molecule has 0 aromatic heterocycles. The second kappa shape index (κ2) is 50.1. The minimum absolute atomic E-state index is 0.578. The molecule has 7 rings (SSSR count). The highest BCUT2D eigenvalue weighted by Crippen LogP contribution is 2.30. The van der Waals surface area contributed by atoms with E-state index in [2.05, 4.69) is 113 Å². The van der Waals surface area contributed by atoms with Crippen molar-refractivity contribution < 1.29 is 28.4 Å². The van der Waals surface area contributed by atoms with Crippen molar-refractivity contribution >= 4 is 0 Å². The minimum atomic E-state index is 0.578. The van der Waals surface area contributed by atoms with E-state index in [0.29, 0.717) is 73.0 Å². The van der Waals surface area contributed by atoms with Gasteiger partial charge >= 0.3 is 0 Å². The zero-order valence-electron chi connectivity index (χ0n) is 62.8. The molecule has 7 aromatic carbocycles. The van der Waals surface area contributed by atoms with E-state index in [-0.39, 0.29) is 0 Å². The summed E-state index contributed by atoms with van der Waals surface area (Å²) in [5, 5.41) is 0. The van der Waals surface area contributed by atoms with Gasteiger partial charge in [0.2, 0.25) is 0 Å². The summed E-state index contributed by atoms with van der Waals surface area (Å²) in [6.07, 6.45) is 35.0. The second-order valence-electron chi connectivity index (χ2n) is 26.5. The van der Waals surface area contributed by atoms with Gasteiger partial charge in [0, 0.05) is 33.4 Å². The largest absolute Gasteiger partial charge is 0.494 e. The van der Waals surface area contributed by atoms with Gasteiger partial charge in [-0.05, 0) is 184 Å². The maximum absolute atomic E-state index is 6.26. The lowest BCUT2D eigenvalue weighted by Crippen LogP contribution is -2.05. The summed E-state index contributed by atoms with van der Waals surface area (Å²) < 4.78 is 37.5. The predicted octanol–water partition coefficient (Wildman–Crippen LogP) is 24.2. The van der Waals surface area contributed by atoms with Gasteiger partial charge in [0.25, 0.3) is 0 Å². The Morgan fingerprint density at radius 3 is 0.412 bits per heavy atom. The molecule has 0 aliphatic rings. The number of unbranched alkanes of at least 4 members (excludes halogenated alkanes) is 24. The van der Waals surface area contributed by atoms with Crippen molar-refractivity contribution in [2.24, 2.45) is 0 Å². The molecule has 102 heavy (non-hydrogen) atoms. The molecule has 0 aliphatic heterocycles. The third kappa shape index (κ3) is 31.3. The second-order valence-corrected chi connectivity index (χ2v) is 26.5. The van der Waals surface area contributed by atoms with Crippen LogP contribution in [0.1, 0.15) is 301 Å². The molecular formula is C96H114O6. The van der Waals surface area contributed by atoms with Crippen LogP contribution in [0, 0.1) is 71.0 Å². The van der Waals surface area contributed by atoms with Crippen LogP contribution in [0.15, 0.2) is 146 Å². The van der Waals surface area contributed by atoms with Gasteiger partial charge in [0.05, 0.1) is 73.0 Å². The first kappa shape index (κ1) is 80.0. The van der Waals surface area contributed by atoms with Crippen molar-refractivity contribution in [3.8, 4) is 106 Å². The molecule has 0 aliphatic carbocycles. The van der Waals surface area contributed by atoms with Crippen LogP contribution in [0.4, 0.5) is 0 Å². The SMILES string of the molecule is CCCCCCCOc1ccc(C#Cc2c(C#Cc3ccc(OCCCCCCC)cc3)c(C#Cc3ccc(OCCCCCCC)cc3)c(C#Cc3ccc(OCCCCCCC)cc3)c(C#Cc3ccc(OCCCCCCC)cc3)c2C#Cc2ccc(OCCCCCCC)cc2)cc1. The Balaban J connectivity index is 1.48. The molecule has 0 saturated heterocycles. The molecule has 0 amide bonds. The first-order valence-electron chi connectivity index (χ1n) is 39.1. The Morgan fingerprint density at radius 1 is 0.157 bits per heavy atom. The van der Waals surface area contributed by atoms with Gasteiger partial charge in [0.15, 0.2) is 0 Å². The van der Waals surface area contributed by atoms with Crippen LogP contribution in [0.2, 0.25) is 0 Å². The fraction of sp³-hybridized carbons (Fsp3) is 0.438. The molecule has 0 fully saturated rings. The number of benzene rings is 7. The lowest BCUT2D eigenvalue weighted by atomic mass is 9.86. The third-order valence-corrected chi connectivity index (χ3v) is 17.7.